The van der Waals surface area contributed by atoms with Crippen LogP contribution in [-0.4, -0.2) is 58.8 Å². The summed E-state index contributed by atoms with van der Waals surface area (Å²) in [6, 6.07) is 11.0. The van der Waals surface area contributed by atoms with E-state index in [1.165, 1.54) is 11.8 Å². The summed E-state index contributed by atoms with van der Waals surface area (Å²) >= 11 is 7.40. The third kappa shape index (κ3) is 5.68. The van der Waals surface area contributed by atoms with E-state index >= 15 is 0 Å². The van der Waals surface area contributed by atoms with Crippen molar-refractivity contribution in [3.05, 3.63) is 41.4 Å². The molecule has 2 saturated heterocycles. The Hall–Kier alpha value is -2.32. The normalized spacial score (nSPS) is 17.1. The Balaban J connectivity index is 1.23. The molecule has 2 fully saturated rings. The van der Waals surface area contributed by atoms with Crippen molar-refractivity contribution in [3.63, 3.8) is 0 Å². The number of hydrogen-bond acceptors (Lipinski definition) is 6. The first-order valence-corrected chi connectivity index (χ1v) is 12.0. The van der Waals surface area contributed by atoms with Gasteiger partial charge in [-0.05, 0) is 49.9 Å². The molecule has 1 N–H and O–H groups in total. The molecule has 0 bridgehead atoms. The quantitative estimate of drug-likeness (QED) is 0.663. The lowest BCUT2D eigenvalue weighted by molar-refractivity contribution is -0.135. The van der Waals surface area contributed by atoms with E-state index in [4.69, 9.17) is 11.6 Å². The molecule has 4 rings (SSSR count). The number of carbonyl (C=O) groups is 2. The van der Waals surface area contributed by atoms with Crippen LogP contribution in [0, 0.1) is 5.92 Å². The van der Waals surface area contributed by atoms with E-state index in [-0.39, 0.29) is 17.6 Å². The summed E-state index contributed by atoms with van der Waals surface area (Å²) in [4.78, 5) is 28.9. The van der Waals surface area contributed by atoms with Crippen LogP contribution in [0.1, 0.15) is 25.7 Å². The van der Waals surface area contributed by atoms with Crippen LogP contribution in [-0.2, 0) is 9.59 Å². The van der Waals surface area contributed by atoms with Gasteiger partial charge >= 0.3 is 0 Å². The Bertz CT molecular complexity index is 912. The predicted molar refractivity (Wildman–Crippen MR) is 124 cm³/mol. The number of thioether (sulfide) groups is 1. The topological polar surface area (TPSA) is 78.4 Å². The molecule has 1 aromatic carbocycles. The third-order valence-electron chi connectivity index (χ3n) is 5.71. The fraction of sp³-hybridized carbons (Fsp3) is 0.455. The smallest absolute Gasteiger partial charge is 0.234 e. The molecule has 0 radical (unpaired) electrons. The van der Waals surface area contributed by atoms with E-state index in [0.717, 1.165) is 57.7 Å². The Morgan fingerprint density at radius 3 is 2.45 bits per heavy atom. The fourth-order valence-electron chi connectivity index (χ4n) is 4.00. The van der Waals surface area contributed by atoms with Crippen LogP contribution in [0.2, 0.25) is 5.02 Å². The Kier molecular flexibility index (Phi) is 7.29. The Labute approximate surface area is 191 Å². The van der Waals surface area contributed by atoms with Gasteiger partial charge in [0.15, 0.2) is 5.82 Å². The van der Waals surface area contributed by atoms with Crippen molar-refractivity contribution in [2.75, 3.05) is 42.1 Å². The standard InChI is InChI=1S/C22H26ClN5O2S/c23-17-5-1-2-6-18(17)24-20(29)15-31-21-8-7-19(25-26-21)27-13-9-16(10-14-27)22(30)28-11-3-4-12-28/h1-2,5-8,16H,3-4,9-15H2,(H,24,29). The number of carbonyl (C=O) groups excluding carboxylic acids is 2. The zero-order chi connectivity index (χ0) is 21.6. The molecule has 1 aromatic heterocycles. The SMILES string of the molecule is O=C(CSc1ccc(N2CCC(C(=O)N3CCCC3)CC2)nn1)Nc1ccccc1Cl. The van der Waals surface area contributed by atoms with Gasteiger partial charge in [0.05, 0.1) is 16.5 Å². The van der Waals surface area contributed by atoms with Crippen LogP contribution in [0.4, 0.5) is 11.5 Å². The highest BCUT2D eigenvalue weighted by atomic mass is 35.5. The summed E-state index contributed by atoms with van der Waals surface area (Å²) in [5, 5.41) is 12.6. The highest BCUT2D eigenvalue weighted by Crippen LogP contribution is 2.26. The van der Waals surface area contributed by atoms with Crippen LogP contribution in [0.15, 0.2) is 41.4 Å². The zero-order valence-electron chi connectivity index (χ0n) is 17.3. The lowest BCUT2D eigenvalue weighted by atomic mass is 9.95. The molecular formula is C22H26ClN5O2S. The number of aromatic nitrogens is 2. The summed E-state index contributed by atoms with van der Waals surface area (Å²) in [6.07, 6.45) is 3.98. The average molecular weight is 460 g/mol. The van der Waals surface area contributed by atoms with Gasteiger partial charge < -0.3 is 15.1 Å². The number of benzene rings is 1. The molecule has 7 nitrogen and oxygen atoms in total. The number of amides is 2. The van der Waals surface area contributed by atoms with Crippen molar-refractivity contribution in [2.45, 2.75) is 30.7 Å². The van der Waals surface area contributed by atoms with Gasteiger partial charge in [-0.3, -0.25) is 9.59 Å². The van der Waals surface area contributed by atoms with Gasteiger partial charge in [-0.25, -0.2) is 0 Å². The zero-order valence-corrected chi connectivity index (χ0v) is 18.9. The summed E-state index contributed by atoms with van der Waals surface area (Å²) in [5.74, 6) is 1.35. The lowest BCUT2D eigenvalue weighted by Crippen LogP contribution is -2.42. The van der Waals surface area contributed by atoms with Crippen molar-refractivity contribution in [1.82, 2.24) is 15.1 Å². The van der Waals surface area contributed by atoms with Crippen LogP contribution in [0.3, 0.4) is 0 Å². The number of piperidine rings is 1. The largest absolute Gasteiger partial charge is 0.355 e. The minimum absolute atomic E-state index is 0.133. The molecule has 2 amide bonds. The molecular weight excluding hydrogens is 434 g/mol. The van der Waals surface area contributed by atoms with Crippen LogP contribution < -0.4 is 10.2 Å². The number of nitrogens with one attached hydrogen (secondary N) is 1. The van der Waals surface area contributed by atoms with Gasteiger partial charge in [0.2, 0.25) is 11.8 Å². The molecule has 2 aromatic rings. The number of para-hydroxylation sites is 1. The summed E-state index contributed by atoms with van der Waals surface area (Å²) < 4.78 is 0. The van der Waals surface area contributed by atoms with Gasteiger partial charge in [0.1, 0.15) is 5.03 Å². The molecule has 0 atom stereocenters. The highest BCUT2D eigenvalue weighted by molar-refractivity contribution is 7.99. The molecule has 2 aliphatic heterocycles. The molecule has 0 unspecified atom stereocenters. The van der Waals surface area contributed by atoms with Gasteiger partial charge in [-0.2, -0.15) is 0 Å². The number of nitrogens with zero attached hydrogens (tertiary/aromatic N) is 4. The minimum Gasteiger partial charge on any atom is -0.355 e. The minimum atomic E-state index is -0.145. The van der Waals surface area contributed by atoms with Crippen molar-refractivity contribution >= 4 is 46.7 Å². The molecule has 9 heteroatoms. The Morgan fingerprint density at radius 1 is 1.03 bits per heavy atom. The number of rotatable bonds is 6. The molecule has 164 valence electrons. The first-order chi connectivity index (χ1) is 15.1. The van der Waals surface area contributed by atoms with Crippen LogP contribution in [0.25, 0.3) is 0 Å². The average Bonchev–Trinajstić information content (AvgIpc) is 3.34. The van der Waals surface area contributed by atoms with Crippen molar-refractivity contribution in [2.24, 2.45) is 5.92 Å². The molecule has 0 spiro atoms. The van der Waals surface area contributed by atoms with E-state index in [9.17, 15) is 9.59 Å². The first kappa shape index (κ1) is 21.9. The summed E-state index contributed by atoms with van der Waals surface area (Å²) in [7, 11) is 0. The summed E-state index contributed by atoms with van der Waals surface area (Å²) in [5.41, 5.74) is 0.600. The maximum absolute atomic E-state index is 12.6. The molecule has 2 aliphatic rings. The van der Waals surface area contributed by atoms with Crippen molar-refractivity contribution in [3.8, 4) is 0 Å². The van der Waals surface area contributed by atoms with E-state index in [0.29, 0.717) is 21.6 Å². The molecule has 31 heavy (non-hydrogen) atoms. The number of anilines is 2. The molecule has 0 saturated carbocycles. The second-order valence-electron chi connectivity index (χ2n) is 7.84. The van der Waals surface area contributed by atoms with E-state index in [2.05, 4.69) is 20.4 Å². The van der Waals surface area contributed by atoms with Crippen molar-refractivity contribution in [1.29, 1.82) is 0 Å². The van der Waals surface area contributed by atoms with Crippen LogP contribution >= 0.6 is 23.4 Å². The molecule has 3 heterocycles. The lowest BCUT2D eigenvalue weighted by Gasteiger charge is -2.33. The molecule has 0 aliphatic carbocycles. The van der Waals surface area contributed by atoms with E-state index in [1.807, 2.05) is 29.2 Å². The highest BCUT2D eigenvalue weighted by Gasteiger charge is 2.30. The number of likely N-dealkylation sites (tertiary alicyclic amines) is 1. The fourth-order valence-corrected chi connectivity index (χ4v) is 4.80. The summed E-state index contributed by atoms with van der Waals surface area (Å²) in [6.45, 7) is 3.46. The van der Waals surface area contributed by atoms with Gasteiger partial charge in [-0.15, -0.1) is 10.2 Å². The maximum Gasteiger partial charge on any atom is 0.234 e. The monoisotopic (exact) mass is 459 g/mol. The number of hydrogen-bond donors (Lipinski definition) is 1. The Morgan fingerprint density at radius 2 is 1.77 bits per heavy atom. The second kappa shape index (κ2) is 10.3. The van der Waals surface area contributed by atoms with Gasteiger partial charge in [-0.1, -0.05) is 35.5 Å². The predicted octanol–water partition coefficient (Wildman–Crippen LogP) is 3.70. The van der Waals surface area contributed by atoms with E-state index < -0.39 is 0 Å². The van der Waals surface area contributed by atoms with Crippen LogP contribution in [0.5, 0.6) is 0 Å². The third-order valence-corrected chi connectivity index (χ3v) is 6.96. The number of halogens is 1. The van der Waals surface area contributed by atoms with Gasteiger partial charge in [0, 0.05) is 32.1 Å². The maximum atomic E-state index is 12.6. The second-order valence-corrected chi connectivity index (χ2v) is 9.24. The van der Waals surface area contributed by atoms with Crippen molar-refractivity contribution < 1.29 is 9.59 Å². The van der Waals surface area contributed by atoms with Gasteiger partial charge in [0.25, 0.3) is 0 Å². The van der Waals surface area contributed by atoms with E-state index in [1.54, 1.807) is 12.1 Å². The first-order valence-electron chi connectivity index (χ1n) is 10.6.